The van der Waals surface area contributed by atoms with Crippen molar-refractivity contribution in [3.63, 3.8) is 0 Å². The minimum atomic E-state index is -0.302. The molecule has 3 aromatic carbocycles. The largest absolute Gasteiger partial charge is 0.486 e. The zero-order valence-electron chi connectivity index (χ0n) is 17.8. The molecule has 0 bridgehead atoms. The molecule has 1 N–H and O–H groups in total. The van der Waals surface area contributed by atoms with Gasteiger partial charge in [0.2, 0.25) is 0 Å². The lowest BCUT2D eigenvalue weighted by molar-refractivity contribution is 0.0956. The van der Waals surface area contributed by atoms with Gasteiger partial charge in [-0.3, -0.25) is 4.79 Å². The van der Waals surface area contributed by atoms with Gasteiger partial charge >= 0.3 is 0 Å². The molecular formula is C26H20BrN3O3. The fourth-order valence-electron chi connectivity index (χ4n) is 3.66. The lowest BCUT2D eigenvalue weighted by Gasteiger charge is -2.18. The van der Waals surface area contributed by atoms with E-state index in [1.807, 2.05) is 73.7 Å². The number of nitrogens with one attached hydrogen (secondary N) is 1. The van der Waals surface area contributed by atoms with E-state index in [2.05, 4.69) is 26.5 Å². The minimum absolute atomic E-state index is 0.302. The molecule has 1 aromatic heterocycles. The highest BCUT2D eigenvalue weighted by Gasteiger charge is 2.15. The Morgan fingerprint density at radius 2 is 1.73 bits per heavy atom. The van der Waals surface area contributed by atoms with Crippen LogP contribution in [0, 0.1) is 0 Å². The van der Waals surface area contributed by atoms with Crippen LogP contribution in [0.2, 0.25) is 0 Å². The maximum absolute atomic E-state index is 13.2. The molecule has 1 amide bonds. The molecule has 7 heteroatoms. The topological polar surface area (TPSA) is 72.8 Å². The molecule has 0 atom stereocenters. The number of rotatable bonds is 4. The Hall–Kier alpha value is -3.71. The number of halogens is 1. The Labute approximate surface area is 199 Å². The third-order valence-corrected chi connectivity index (χ3v) is 5.91. The second-order valence-corrected chi connectivity index (χ2v) is 8.49. The highest BCUT2D eigenvalue weighted by molar-refractivity contribution is 9.10. The van der Waals surface area contributed by atoms with E-state index >= 15 is 0 Å². The fraction of sp³-hybridized carbons (Fsp3) is 0.115. The van der Waals surface area contributed by atoms with Crippen LogP contribution in [0.1, 0.15) is 22.8 Å². The number of hydrazone groups is 1. The highest BCUT2D eigenvalue weighted by atomic mass is 79.9. The summed E-state index contributed by atoms with van der Waals surface area (Å²) in [4.78, 5) is 17.9. The fourth-order valence-corrected chi connectivity index (χ4v) is 3.92. The van der Waals surface area contributed by atoms with Gasteiger partial charge in [-0.25, -0.2) is 10.4 Å². The summed E-state index contributed by atoms with van der Waals surface area (Å²) in [7, 11) is 0. The van der Waals surface area contributed by atoms with Crippen molar-refractivity contribution < 1.29 is 14.3 Å². The summed E-state index contributed by atoms with van der Waals surface area (Å²) < 4.78 is 12.2. The lowest BCUT2D eigenvalue weighted by Crippen LogP contribution is -2.20. The van der Waals surface area contributed by atoms with Gasteiger partial charge in [0.25, 0.3) is 5.91 Å². The molecule has 6 nitrogen and oxygen atoms in total. The number of para-hydroxylation sites is 1. The van der Waals surface area contributed by atoms with Crippen molar-refractivity contribution in [3.05, 3.63) is 88.4 Å². The number of carbonyl (C=O) groups is 1. The van der Waals surface area contributed by atoms with Crippen LogP contribution in [0.5, 0.6) is 11.5 Å². The van der Waals surface area contributed by atoms with Gasteiger partial charge in [-0.2, -0.15) is 5.10 Å². The normalized spacial score (nSPS) is 13.1. The number of nitrogens with zero attached hydrogens (tertiary/aromatic N) is 2. The van der Waals surface area contributed by atoms with Crippen molar-refractivity contribution in [1.82, 2.24) is 10.4 Å². The average Bonchev–Trinajstić information content (AvgIpc) is 2.86. The van der Waals surface area contributed by atoms with Crippen LogP contribution in [0.15, 0.2) is 82.4 Å². The molecule has 164 valence electrons. The van der Waals surface area contributed by atoms with Crippen LogP contribution in [0.25, 0.3) is 22.2 Å². The van der Waals surface area contributed by atoms with Gasteiger partial charge in [0, 0.05) is 21.0 Å². The van der Waals surface area contributed by atoms with Crippen LogP contribution in [0.4, 0.5) is 0 Å². The molecule has 0 aliphatic carbocycles. The number of fused-ring (bicyclic) bond motifs is 2. The summed E-state index contributed by atoms with van der Waals surface area (Å²) in [5.74, 6) is 1.09. The molecule has 33 heavy (non-hydrogen) atoms. The Balaban J connectivity index is 1.46. The highest BCUT2D eigenvalue weighted by Crippen LogP contribution is 2.31. The van der Waals surface area contributed by atoms with Crippen molar-refractivity contribution in [1.29, 1.82) is 0 Å². The van der Waals surface area contributed by atoms with Crippen LogP contribution in [0.3, 0.4) is 0 Å². The van der Waals surface area contributed by atoms with Crippen molar-refractivity contribution in [2.75, 3.05) is 13.2 Å². The summed E-state index contributed by atoms with van der Waals surface area (Å²) in [5, 5.41) is 5.10. The monoisotopic (exact) mass is 501 g/mol. The molecule has 4 aromatic rings. The predicted molar refractivity (Wildman–Crippen MR) is 132 cm³/mol. The summed E-state index contributed by atoms with van der Waals surface area (Å²) in [6.07, 6.45) is 0. The smallest absolute Gasteiger partial charge is 0.272 e. The third-order valence-electron chi connectivity index (χ3n) is 5.39. The van der Waals surface area contributed by atoms with E-state index in [1.165, 1.54) is 0 Å². The molecule has 0 spiro atoms. The second kappa shape index (κ2) is 9.03. The molecule has 2 heterocycles. The van der Waals surface area contributed by atoms with E-state index in [0.29, 0.717) is 36.0 Å². The predicted octanol–water partition coefficient (Wildman–Crippen LogP) is 5.59. The Morgan fingerprint density at radius 3 is 2.55 bits per heavy atom. The average molecular weight is 502 g/mol. The number of benzene rings is 3. The number of hydrogen-bond acceptors (Lipinski definition) is 5. The molecule has 1 aliphatic heterocycles. The lowest BCUT2D eigenvalue weighted by atomic mass is 10.0. The Morgan fingerprint density at radius 1 is 0.970 bits per heavy atom. The van der Waals surface area contributed by atoms with Gasteiger partial charge in [-0.1, -0.05) is 46.3 Å². The molecule has 0 saturated heterocycles. The standard InChI is InChI=1S/C26H20BrN3O3/c1-16(18-8-11-24-25(14-18)33-13-12-32-24)29-30-26(31)21-15-23(17-6-9-19(27)10-7-17)28-22-5-3-2-4-20(21)22/h2-11,14-15H,12-13H2,1H3,(H,30,31)/b29-16+. The molecule has 0 unspecified atom stereocenters. The summed E-state index contributed by atoms with van der Waals surface area (Å²) >= 11 is 3.45. The number of amides is 1. The zero-order chi connectivity index (χ0) is 22.8. The first kappa shape index (κ1) is 21.2. The maximum Gasteiger partial charge on any atom is 0.272 e. The van der Waals surface area contributed by atoms with Gasteiger partial charge in [-0.15, -0.1) is 0 Å². The van der Waals surface area contributed by atoms with E-state index in [-0.39, 0.29) is 5.91 Å². The molecule has 0 saturated carbocycles. The molecular weight excluding hydrogens is 482 g/mol. The second-order valence-electron chi connectivity index (χ2n) is 7.58. The van der Waals surface area contributed by atoms with Crippen LogP contribution < -0.4 is 14.9 Å². The molecule has 1 aliphatic rings. The van der Waals surface area contributed by atoms with Crippen molar-refractivity contribution in [2.24, 2.45) is 5.10 Å². The van der Waals surface area contributed by atoms with E-state index in [1.54, 1.807) is 6.07 Å². The van der Waals surface area contributed by atoms with Crippen LogP contribution >= 0.6 is 15.9 Å². The minimum Gasteiger partial charge on any atom is -0.486 e. The van der Waals surface area contributed by atoms with Gasteiger partial charge in [0.15, 0.2) is 11.5 Å². The maximum atomic E-state index is 13.2. The van der Waals surface area contributed by atoms with E-state index in [4.69, 9.17) is 14.5 Å². The van der Waals surface area contributed by atoms with Crippen LogP contribution in [-0.2, 0) is 0 Å². The summed E-state index contributed by atoms with van der Waals surface area (Å²) in [5.41, 5.74) is 7.10. The SMILES string of the molecule is C/C(=N\NC(=O)c1cc(-c2ccc(Br)cc2)nc2ccccc12)c1ccc2c(c1)OCCO2. The zero-order valence-corrected chi connectivity index (χ0v) is 19.4. The number of aromatic nitrogens is 1. The summed E-state index contributed by atoms with van der Waals surface area (Å²) in [6.45, 7) is 2.89. The van der Waals surface area contributed by atoms with Crippen molar-refractivity contribution in [3.8, 4) is 22.8 Å². The Kier molecular flexibility index (Phi) is 5.79. The molecule has 5 rings (SSSR count). The molecule has 0 fully saturated rings. The van der Waals surface area contributed by atoms with Gasteiger partial charge < -0.3 is 9.47 Å². The van der Waals surface area contributed by atoms with Gasteiger partial charge in [0.1, 0.15) is 13.2 Å². The van der Waals surface area contributed by atoms with Crippen LogP contribution in [-0.4, -0.2) is 29.8 Å². The van der Waals surface area contributed by atoms with E-state index in [9.17, 15) is 4.79 Å². The molecule has 0 radical (unpaired) electrons. The van der Waals surface area contributed by atoms with E-state index in [0.717, 1.165) is 32.2 Å². The summed E-state index contributed by atoms with van der Waals surface area (Å²) in [6, 6.07) is 22.8. The Bertz CT molecular complexity index is 1380. The number of hydrogen-bond donors (Lipinski definition) is 1. The first-order valence-corrected chi connectivity index (χ1v) is 11.3. The van der Waals surface area contributed by atoms with Crippen molar-refractivity contribution in [2.45, 2.75) is 6.92 Å². The van der Waals surface area contributed by atoms with Crippen molar-refractivity contribution >= 4 is 38.5 Å². The van der Waals surface area contributed by atoms with Gasteiger partial charge in [-0.05, 0) is 49.4 Å². The first-order chi connectivity index (χ1) is 16.1. The number of pyridine rings is 1. The first-order valence-electron chi connectivity index (χ1n) is 10.5. The third kappa shape index (κ3) is 4.45. The van der Waals surface area contributed by atoms with E-state index < -0.39 is 0 Å². The number of ether oxygens (including phenoxy) is 2. The quantitative estimate of drug-likeness (QED) is 0.292. The van der Waals surface area contributed by atoms with Gasteiger partial charge in [0.05, 0.1) is 22.5 Å². The number of carbonyl (C=O) groups excluding carboxylic acids is 1.